The van der Waals surface area contributed by atoms with E-state index in [2.05, 4.69) is 0 Å². The van der Waals surface area contributed by atoms with Gasteiger partial charge in [0, 0.05) is 30.2 Å². The summed E-state index contributed by atoms with van der Waals surface area (Å²) in [5, 5.41) is 9.09. The molecule has 0 saturated carbocycles. The van der Waals surface area contributed by atoms with Crippen LogP contribution in [0.15, 0.2) is 35.2 Å². The number of carbonyl (C=O) groups is 2. The molecular formula is C16H21NO3S. The van der Waals surface area contributed by atoms with Crippen molar-refractivity contribution in [2.24, 2.45) is 11.8 Å². The van der Waals surface area contributed by atoms with E-state index in [1.165, 1.54) is 4.90 Å². The molecular weight excluding hydrogens is 286 g/mol. The van der Waals surface area contributed by atoms with Gasteiger partial charge >= 0.3 is 5.97 Å². The van der Waals surface area contributed by atoms with E-state index >= 15 is 0 Å². The topological polar surface area (TPSA) is 57.6 Å². The van der Waals surface area contributed by atoms with Gasteiger partial charge in [0.15, 0.2) is 0 Å². The van der Waals surface area contributed by atoms with Gasteiger partial charge in [-0.05, 0) is 24.5 Å². The molecule has 0 aliphatic carbocycles. The molecule has 1 N–H and O–H groups in total. The number of benzene rings is 1. The first-order valence-electron chi connectivity index (χ1n) is 7.26. The summed E-state index contributed by atoms with van der Waals surface area (Å²) in [7, 11) is 0. The zero-order chi connectivity index (χ0) is 15.2. The average molecular weight is 307 g/mol. The molecule has 21 heavy (non-hydrogen) atoms. The van der Waals surface area contributed by atoms with Crippen LogP contribution >= 0.6 is 11.8 Å². The second-order valence-corrected chi connectivity index (χ2v) is 6.63. The van der Waals surface area contributed by atoms with Crippen LogP contribution in [0, 0.1) is 11.8 Å². The Morgan fingerprint density at radius 3 is 2.67 bits per heavy atom. The molecule has 1 heterocycles. The van der Waals surface area contributed by atoms with Crippen molar-refractivity contribution in [1.29, 1.82) is 0 Å². The highest BCUT2D eigenvalue weighted by atomic mass is 32.2. The minimum absolute atomic E-state index is 0.0296. The molecule has 1 fully saturated rings. The van der Waals surface area contributed by atoms with Gasteiger partial charge in [-0.2, -0.15) is 0 Å². The number of carboxylic acid groups (broad SMARTS) is 1. The van der Waals surface area contributed by atoms with Crippen molar-refractivity contribution >= 4 is 23.6 Å². The first-order valence-corrected chi connectivity index (χ1v) is 8.25. The molecule has 114 valence electrons. The van der Waals surface area contributed by atoms with Crippen LogP contribution in [0.25, 0.3) is 0 Å². The molecule has 1 saturated heterocycles. The van der Waals surface area contributed by atoms with Crippen molar-refractivity contribution in [2.45, 2.75) is 24.7 Å². The zero-order valence-electron chi connectivity index (χ0n) is 12.2. The monoisotopic (exact) mass is 307 g/mol. The smallest absolute Gasteiger partial charge is 0.306 e. The lowest BCUT2D eigenvalue weighted by atomic mass is 9.87. The fourth-order valence-electron chi connectivity index (χ4n) is 2.67. The first kappa shape index (κ1) is 15.9. The summed E-state index contributed by atoms with van der Waals surface area (Å²) in [6, 6.07) is 10.0. The summed E-state index contributed by atoms with van der Waals surface area (Å²) in [5.74, 6) is -0.131. The number of hydrogen-bond donors (Lipinski definition) is 1. The van der Waals surface area contributed by atoms with Crippen molar-refractivity contribution in [2.75, 3.05) is 18.8 Å². The lowest BCUT2D eigenvalue weighted by molar-refractivity contribution is -0.148. The van der Waals surface area contributed by atoms with Gasteiger partial charge in [0.2, 0.25) is 5.91 Å². The van der Waals surface area contributed by atoms with Crippen LogP contribution in [0.5, 0.6) is 0 Å². The Kier molecular flexibility index (Phi) is 5.67. The maximum atomic E-state index is 12.2. The van der Waals surface area contributed by atoms with Crippen LogP contribution < -0.4 is 0 Å². The van der Waals surface area contributed by atoms with E-state index in [1.807, 2.05) is 42.2 Å². The van der Waals surface area contributed by atoms with Gasteiger partial charge in [-0.1, -0.05) is 25.1 Å². The fraction of sp³-hybridized carbons (Fsp3) is 0.500. The number of rotatable bonds is 5. The SMILES string of the molecule is CC1CN(C(=O)CCSc2ccccc2)CCC1C(=O)O. The largest absolute Gasteiger partial charge is 0.481 e. The molecule has 1 aromatic rings. The van der Waals surface area contributed by atoms with E-state index in [0.717, 1.165) is 5.75 Å². The van der Waals surface area contributed by atoms with Crippen LogP contribution in [0.3, 0.4) is 0 Å². The molecule has 1 aliphatic rings. The van der Waals surface area contributed by atoms with E-state index < -0.39 is 5.97 Å². The maximum absolute atomic E-state index is 12.2. The molecule has 4 nitrogen and oxygen atoms in total. The van der Waals surface area contributed by atoms with Crippen molar-refractivity contribution in [3.05, 3.63) is 30.3 Å². The highest BCUT2D eigenvalue weighted by Crippen LogP contribution is 2.24. The number of hydrogen-bond acceptors (Lipinski definition) is 3. The van der Waals surface area contributed by atoms with Gasteiger partial charge in [-0.3, -0.25) is 9.59 Å². The summed E-state index contributed by atoms with van der Waals surface area (Å²) in [6.45, 7) is 3.04. The minimum atomic E-state index is -0.741. The Hall–Kier alpha value is -1.49. The lowest BCUT2D eigenvalue weighted by Gasteiger charge is -2.35. The van der Waals surface area contributed by atoms with Crippen molar-refractivity contribution in [3.8, 4) is 0 Å². The number of aliphatic carboxylic acids is 1. The van der Waals surface area contributed by atoms with Gasteiger partial charge in [0.05, 0.1) is 5.92 Å². The van der Waals surface area contributed by atoms with Crippen LogP contribution in [-0.2, 0) is 9.59 Å². The van der Waals surface area contributed by atoms with E-state index in [-0.39, 0.29) is 17.7 Å². The third-order valence-corrected chi connectivity index (χ3v) is 4.92. The molecule has 0 spiro atoms. The maximum Gasteiger partial charge on any atom is 0.306 e. The Labute approximate surface area is 129 Å². The van der Waals surface area contributed by atoms with Crippen LogP contribution in [-0.4, -0.2) is 40.7 Å². The number of amides is 1. The van der Waals surface area contributed by atoms with Gasteiger partial charge in [-0.25, -0.2) is 0 Å². The summed E-state index contributed by atoms with van der Waals surface area (Å²) in [4.78, 5) is 26.2. The van der Waals surface area contributed by atoms with Gasteiger partial charge in [-0.15, -0.1) is 11.8 Å². The van der Waals surface area contributed by atoms with Crippen molar-refractivity contribution < 1.29 is 14.7 Å². The molecule has 2 unspecified atom stereocenters. The minimum Gasteiger partial charge on any atom is -0.481 e. The highest BCUT2D eigenvalue weighted by Gasteiger charge is 2.32. The number of carbonyl (C=O) groups excluding carboxylic acids is 1. The van der Waals surface area contributed by atoms with Crippen LogP contribution in [0.4, 0.5) is 0 Å². The Morgan fingerprint density at radius 1 is 1.33 bits per heavy atom. The Bertz CT molecular complexity index is 492. The molecule has 0 aromatic heterocycles. The average Bonchev–Trinajstić information content (AvgIpc) is 2.47. The molecule has 5 heteroatoms. The summed E-state index contributed by atoms with van der Waals surface area (Å²) < 4.78 is 0. The number of likely N-dealkylation sites (tertiary alicyclic amines) is 1. The quantitative estimate of drug-likeness (QED) is 0.850. The van der Waals surface area contributed by atoms with Crippen molar-refractivity contribution in [1.82, 2.24) is 4.90 Å². The third-order valence-electron chi connectivity index (χ3n) is 3.90. The standard InChI is InChI=1S/C16H21NO3S/c1-12-11-17(9-7-14(12)16(19)20)15(18)8-10-21-13-5-3-2-4-6-13/h2-6,12,14H,7-11H2,1H3,(H,19,20). The van der Waals surface area contributed by atoms with E-state index in [0.29, 0.717) is 25.9 Å². The predicted molar refractivity (Wildman–Crippen MR) is 83.3 cm³/mol. The summed E-state index contributed by atoms with van der Waals surface area (Å²) in [6.07, 6.45) is 1.07. The van der Waals surface area contributed by atoms with E-state index in [4.69, 9.17) is 5.11 Å². The molecule has 1 aromatic carbocycles. The lowest BCUT2D eigenvalue weighted by Crippen LogP contribution is -2.45. The molecule has 1 amide bonds. The predicted octanol–water partition coefficient (Wildman–Crippen LogP) is 2.74. The second-order valence-electron chi connectivity index (χ2n) is 5.46. The number of thioether (sulfide) groups is 1. The zero-order valence-corrected chi connectivity index (χ0v) is 13.0. The highest BCUT2D eigenvalue weighted by molar-refractivity contribution is 7.99. The van der Waals surface area contributed by atoms with E-state index in [9.17, 15) is 9.59 Å². The van der Waals surface area contributed by atoms with Gasteiger partial charge in [0.25, 0.3) is 0 Å². The second kappa shape index (κ2) is 7.50. The summed E-state index contributed by atoms with van der Waals surface area (Å²) in [5.41, 5.74) is 0. The van der Waals surface area contributed by atoms with Crippen LogP contribution in [0.1, 0.15) is 19.8 Å². The normalized spacial score (nSPS) is 22.0. The first-order chi connectivity index (χ1) is 10.1. The number of carboxylic acids is 1. The van der Waals surface area contributed by atoms with Gasteiger partial charge < -0.3 is 10.0 Å². The third kappa shape index (κ3) is 4.49. The summed E-state index contributed by atoms with van der Waals surface area (Å²) >= 11 is 1.68. The van der Waals surface area contributed by atoms with Crippen LogP contribution in [0.2, 0.25) is 0 Å². The molecule has 1 aliphatic heterocycles. The fourth-order valence-corrected chi connectivity index (χ4v) is 3.53. The Morgan fingerprint density at radius 2 is 2.05 bits per heavy atom. The van der Waals surface area contributed by atoms with E-state index in [1.54, 1.807) is 11.8 Å². The number of piperidine rings is 1. The molecule has 0 bridgehead atoms. The van der Waals surface area contributed by atoms with Gasteiger partial charge in [0.1, 0.15) is 0 Å². The Balaban J connectivity index is 1.75. The molecule has 0 radical (unpaired) electrons. The van der Waals surface area contributed by atoms with Crippen molar-refractivity contribution in [3.63, 3.8) is 0 Å². The number of nitrogens with zero attached hydrogens (tertiary/aromatic N) is 1. The molecule has 2 atom stereocenters. The molecule has 2 rings (SSSR count).